The van der Waals surface area contributed by atoms with Gasteiger partial charge in [0.05, 0.1) is 18.2 Å². The van der Waals surface area contributed by atoms with Gasteiger partial charge in [0.2, 0.25) is 0 Å². The molecule has 2 amide bonds. The minimum Gasteiger partial charge on any atom is -0.379 e. The topological polar surface area (TPSA) is 91.2 Å². The maximum Gasteiger partial charge on any atom is 0.310 e. The first-order valence-electron chi connectivity index (χ1n) is 5.17. The zero-order valence-electron chi connectivity index (χ0n) is 9.16. The van der Waals surface area contributed by atoms with E-state index in [0.717, 1.165) is 19.3 Å². The van der Waals surface area contributed by atoms with Gasteiger partial charge in [0.1, 0.15) is 6.54 Å². The largest absolute Gasteiger partial charge is 0.379 e. The molecule has 2 N–H and O–H groups in total. The predicted molar refractivity (Wildman–Crippen MR) is 55.2 cm³/mol. The number of nitrogens with one attached hydrogen (secondary N) is 2. The summed E-state index contributed by atoms with van der Waals surface area (Å²) in [7, 11) is 1.59. The van der Waals surface area contributed by atoms with E-state index in [0.29, 0.717) is 0 Å². The molecule has 0 bridgehead atoms. The zero-order chi connectivity index (χ0) is 12.0. The van der Waals surface area contributed by atoms with Crippen LogP contribution in [-0.4, -0.2) is 37.6 Å². The van der Waals surface area contributed by atoms with Gasteiger partial charge in [-0.25, -0.2) is 0 Å². The Morgan fingerprint density at radius 3 is 2.81 bits per heavy atom. The van der Waals surface area contributed by atoms with Gasteiger partial charge < -0.3 is 15.4 Å². The number of carbonyl (C=O) groups is 2. The number of nitrogens with zero attached hydrogens (tertiary/aromatic N) is 1. The second-order valence-corrected chi connectivity index (χ2v) is 3.63. The Morgan fingerprint density at radius 2 is 2.19 bits per heavy atom. The van der Waals surface area contributed by atoms with E-state index >= 15 is 0 Å². The van der Waals surface area contributed by atoms with Crippen LogP contribution in [0, 0.1) is 11.3 Å². The molecule has 0 aromatic heterocycles. The highest BCUT2D eigenvalue weighted by molar-refractivity contribution is 6.35. The fourth-order valence-electron chi connectivity index (χ4n) is 1.81. The molecule has 0 aromatic carbocycles. The molecule has 88 valence electrons. The van der Waals surface area contributed by atoms with E-state index in [1.54, 1.807) is 13.2 Å². The van der Waals surface area contributed by atoms with Gasteiger partial charge in [-0.05, 0) is 19.3 Å². The Morgan fingerprint density at radius 1 is 1.44 bits per heavy atom. The van der Waals surface area contributed by atoms with Crippen LogP contribution < -0.4 is 10.6 Å². The van der Waals surface area contributed by atoms with E-state index in [4.69, 9.17) is 10.00 Å². The highest BCUT2D eigenvalue weighted by Crippen LogP contribution is 2.21. The smallest absolute Gasteiger partial charge is 0.310 e. The van der Waals surface area contributed by atoms with Crippen molar-refractivity contribution in [3.05, 3.63) is 0 Å². The number of methoxy groups -OCH3 is 1. The summed E-state index contributed by atoms with van der Waals surface area (Å²) in [6, 6.07) is 1.62. The van der Waals surface area contributed by atoms with Gasteiger partial charge in [-0.3, -0.25) is 9.59 Å². The molecule has 1 saturated carbocycles. The molecule has 0 saturated heterocycles. The normalized spacial score (nSPS) is 23.5. The van der Waals surface area contributed by atoms with E-state index in [1.165, 1.54) is 0 Å². The Hall–Kier alpha value is -1.61. The molecule has 2 atom stereocenters. The molecular weight excluding hydrogens is 210 g/mol. The van der Waals surface area contributed by atoms with Gasteiger partial charge in [-0.1, -0.05) is 0 Å². The van der Waals surface area contributed by atoms with Crippen molar-refractivity contribution in [3.8, 4) is 6.07 Å². The molecule has 1 aliphatic rings. The zero-order valence-corrected chi connectivity index (χ0v) is 9.16. The van der Waals surface area contributed by atoms with Crippen LogP contribution in [0.25, 0.3) is 0 Å². The summed E-state index contributed by atoms with van der Waals surface area (Å²) in [6.45, 7) is -0.162. The van der Waals surface area contributed by atoms with Gasteiger partial charge in [-0.15, -0.1) is 0 Å². The molecule has 2 unspecified atom stereocenters. The lowest BCUT2D eigenvalue weighted by Crippen LogP contribution is -2.47. The summed E-state index contributed by atoms with van der Waals surface area (Å²) in [4.78, 5) is 22.5. The van der Waals surface area contributed by atoms with E-state index in [1.807, 2.05) is 0 Å². The standard InChI is InChI=1S/C10H15N3O3/c1-16-8-4-2-3-7(8)13-10(15)9(14)12-6-5-11/h7-8H,2-4,6H2,1H3,(H,12,14)(H,13,15). The Bertz CT molecular complexity index is 311. The number of hydrogen-bond acceptors (Lipinski definition) is 4. The summed E-state index contributed by atoms with van der Waals surface area (Å²) in [5, 5.41) is 13.0. The lowest BCUT2D eigenvalue weighted by molar-refractivity contribution is -0.139. The van der Waals surface area contributed by atoms with Crippen molar-refractivity contribution in [3.63, 3.8) is 0 Å². The summed E-state index contributed by atoms with van der Waals surface area (Å²) < 4.78 is 5.19. The van der Waals surface area contributed by atoms with Crippen LogP contribution >= 0.6 is 0 Å². The predicted octanol–water partition coefficient (Wildman–Crippen LogP) is -0.690. The first-order valence-corrected chi connectivity index (χ1v) is 5.17. The lowest BCUT2D eigenvalue weighted by atomic mass is 10.2. The third kappa shape index (κ3) is 3.21. The Balaban J connectivity index is 2.39. The van der Waals surface area contributed by atoms with E-state index in [9.17, 15) is 9.59 Å². The number of amides is 2. The van der Waals surface area contributed by atoms with E-state index in [2.05, 4.69) is 10.6 Å². The van der Waals surface area contributed by atoms with E-state index < -0.39 is 11.8 Å². The number of rotatable bonds is 3. The van der Waals surface area contributed by atoms with Crippen molar-refractivity contribution >= 4 is 11.8 Å². The van der Waals surface area contributed by atoms with Crippen LogP contribution in [0.4, 0.5) is 0 Å². The SMILES string of the molecule is COC1CCCC1NC(=O)C(=O)NCC#N. The van der Waals surface area contributed by atoms with Gasteiger partial charge in [0.15, 0.2) is 0 Å². The highest BCUT2D eigenvalue weighted by atomic mass is 16.5. The van der Waals surface area contributed by atoms with Crippen molar-refractivity contribution in [1.82, 2.24) is 10.6 Å². The average Bonchev–Trinajstić information content (AvgIpc) is 2.72. The summed E-state index contributed by atoms with van der Waals surface area (Å²) in [5.74, 6) is -1.48. The number of nitriles is 1. The molecular formula is C10H15N3O3. The molecule has 1 rings (SSSR count). The molecule has 1 fully saturated rings. The fraction of sp³-hybridized carbons (Fsp3) is 0.700. The maximum absolute atomic E-state index is 11.4. The summed E-state index contributed by atoms with van der Waals surface area (Å²) in [6.07, 6.45) is 2.66. The van der Waals surface area contributed by atoms with Gasteiger partial charge >= 0.3 is 11.8 Å². The third-order valence-corrected chi connectivity index (χ3v) is 2.61. The quantitative estimate of drug-likeness (QED) is 0.491. The van der Waals surface area contributed by atoms with Crippen molar-refractivity contribution < 1.29 is 14.3 Å². The Kier molecular flexibility index (Phi) is 4.73. The summed E-state index contributed by atoms with van der Waals surface area (Å²) in [5.41, 5.74) is 0. The summed E-state index contributed by atoms with van der Waals surface area (Å²) >= 11 is 0. The van der Waals surface area contributed by atoms with Gasteiger partial charge in [0.25, 0.3) is 0 Å². The molecule has 6 nitrogen and oxygen atoms in total. The van der Waals surface area contributed by atoms with Crippen LogP contribution in [0.5, 0.6) is 0 Å². The van der Waals surface area contributed by atoms with Crippen LogP contribution in [0.1, 0.15) is 19.3 Å². The van der Waals surface area contributed by atoms with Crippen LogP contribution in [0.3, 0.4) is 0 Å². The minimum atomic E-state index is -0.775. The molecule has 0 heterocycles. The molecule has 0 spiro atoms. The minimum absolute atomic E-state index is 0.0206. The molecule has 0 radical (unpaired) electrons. The monoisotopic (exact) mass is 225 g/mol. The second kappa shape index (κ2) is 6.08. The van der Waals surface area contributed by atoms with Crippen molar-refractivity contribution in [1.29, 1.82) is 5.26 Å². The number of ether oxygens (including phenoxy) is 1. The fourth-order valence-corrected chi connectivity index (χ4v) is 1.81. The van der Waals surface area contributed by atoms with Gasteiger partial charge in [-0.2, -0.15) is 5.26 Å². The van der Waals surface area contributed by atoms with Crippen molar-refractivity contribution in [2.45, 2.75) is 31.4 Å². The number of carbonyl (C=O) groups excluding carboxylic acids is 2. The van der Waals surface area contributed by atoms with Crippen LogP contribution in [0.15, 0.2) is 0 Å². The second-order valence-electron chi connectivity index (χ2n) is 3.63. The average molecular weight is 225 g/mol. The van der Waals surface area contributed by atoms with Crippen LogP contribution in [-0.2, 0) is 14.3 Å². The molecule has 6 heteroatoms. The first-order chi connectivity index (χ1) is 7.69. The maximum atomic E-state index is 11.4. The molecule has 0 aliphatic heterocycles. The van der Waals surface area contributed by atoms with Crippen LogP contribution in [0.2, 0.25) is 0 Å². The molecule has 16 heavy (non-hydrogen) atoms. The Labute approximate surface area is 93.9 Å². The van der Waals surface area contributed by atoms with E-state index in [-0.39, 0.29) is 18.7 Å². The molecule has 0 aromatic rings. The first kappa shape index (κ1) is 12.5. The van der Waals surface area contributed by atoms with Crippen molar-refractivity contribution in [2.75, 3.05) is 13.7 Å². The van der Waals surface area contributed by atoms with Crippen molar-refractivity contribution in [2.24, 2.45) is 0 Å². The highest BCUT2D eigenvalue weighted by Gasteiger charge is 2.29. The third-order valence-electron chi connectivity index (χ3n) is 2.61. The number of hydrogen-bond donors (Lipinski definition) is 2. The van der Waals surface area contributed by atoms with Gasteiger partial charge in [0, 0.05) is 7.11 Å². The lowest BCUT2D eigenvalue weighted by Gasteiger charge is -2.18. The molecule has 1 aliphatic carbocycles.